The Bertz CT molecular complexity index is 1040. The van der Waals surface area contributed by atoms with Crippen molar-refractivity contribution < 1.29 is 29.0 Å². The molecular weight excluding hydrogens is 448 g/mol. The summed E-state index contributed by atoms with van der Waals surface area (Å²) in [5.74, 6) is -1.38. The van der Waals surface area contributed by atoms with Gasteiger partial charge in [0.25, 0.3) is 0 Å². The first-order valence-electron chi connectivity index (χ1n) is 12.0. The zero-order chi connectivity index (χ0) is 24.9. The maximum absolute atomic E-state index is 12.5. The smallest absolute Gasteiger partial charge is 0.407 e. The molecular formula is C27H32N2O6. The van der Waals surface area contributed by atoms with Crippen molar-refractivity contribution in [1.82, 2.24) is 10.6 Å². The monoisotopic (exact) mass is 480 g/mol. The van der Waals surface area contributed by atoms with E-state index in [1.165, 1.54) is 18.2 Å². The van der Waals surface area contributed by atoms with Crippen LogP contribution >= 0.6 is 0 Å². The highest BCUT2D eigenvalue weighted by atomic mass is 16.5. The van der Waals surface area contributed by atoms with Crippen molar-refractivity contribution in [3.8, 4) is 11.1 Å². The number of benzene rings is 2. The predicted molar refractivity (Wildman–Crippen MR) is 130 cm³/mol. The van der Waals surface area contributed by atoms with Gasteiger partial charge in [0, 0.05) is 25.5 Å². The Morgan fingerprint density at radius 2 is 1.66 bits per heavy atom. The van der Waals surface area contributed by atoms with E-state index >= 15 is 0 Å². The summed E-state index contributed by atoms with van der Waals surface area (Å²) in [4.78, 5) is 36.3. The van der Waals surface area contributed by atoms with E-state index in [0.717, 1.165) is 24.0 Å². The average Bonchev–Trinajstić information content (AvgIpc) is 3.42. The van der Waals surface area contributed by atoms with Gasteiger partial charge in [-0.15, -0.1) is 0 Å². The summed E-state index contributed by atoms with van der Waals surface area (Å²) in [6, 6.07) is 15.2. The molecule has 0 unspecified atom stereocenters. The van der Waals surface area contributed by atoms with Crippen LogP contribution in [0.25, 0.3) is 11.1 Å². The molecule has 8 heteroatoms. The van der Waals surface area contributed by atoms with Crippen LogP contribution in [-0.2, 0) is 19.1 Å². The highest BCUT2D eigenvalue weighted by Crippen LogP contribution is 2.44. The normalized spacial score (nSPS) is 20.4. The Morgan fingerprint density at radius 1 is 1.03 bits per heavy atom. The molecule has 8 nitrogen and oxygen atoms in total. The van der Waals surface area contributed by atoms with Gasteiger partial charge < -0.3 is 25.2 Å². The van der Waals surface area contributed by atoms with E-state index in [0.29, 0.717) is 6.42 Å². The molecule has 0 aliphatic heterocycles. The van der Waals surface area contributed by atoms with Crippen molar-refractivity contribution in [3.05, 3.63) is 59.7 Å². The van der Waals surface area contributed by atoms with Gasteiger partial charge in [-0.05, 0) is 54.4 Å². The molecule has 0 aromatic heterocycles. The second-order valence-electron chi connectivity index (χ2n) is 9.37. The average molecular weight is 481 g/mol. The fourth-order valence-electron chi connectivity index (χ4n) is 5.21. The number of ether oxygens (including phenoxy) is 2. The van der Waals surface area contributed by atoms with Crippen LogP contribution in [0.15, 0.2) is 48.5 Å². The molecule has 0 bridgehead atoms. The maximum Gasteiger partial charge on any atom is 0.407 e. The number of amides is 2. The molecule has 0 saturated heterocycles. The number of carbonyl (C=O) groups excluding carboxylic acids is 2. The third kappa shape index (κ3) is 5.65. The molecule has 4 rings (SSSR count). The third-order valence-corrected chi connectivity index (χ3v) is 7.10. The number of hydrogen-bond donors (Lipinski definition) is 3. The van der Waals surface area contributed by atoms with E-state index in [1.54, 1.807) is 6.92 Å². The van der Waals surface area contributed by atoms with E-state index in [4.69, 9.17) is 9.47 Å². The Hall–Kier alpha value is -3.39. The van der Waals surface area contributed by atoms with E-state index in [1.807, 2.05) is 24.3 Å². The lowest BCUT2D eigenvalue weighted by Crippen LogP contribution is -2.48. The molecule has 2 aromatic rings. The summed E-state index contributed by atoms with van der Waals surface area (Å²) in [6.45, 7) is 1.86. The Morgan fingerprint density at radius 3 is 2.26 bits per heavy atom. The zero-order valence-electron chi connectivity index (χ0n) is 20.0. The molecule has 186 valence electrons. The molecule has 1 fully saturated rings. The zero-order valence-corrected chi connectivity index (χ0v) is 20.0. The molecule has 2 amide bonds. The Labute approximate surface area is 205 Å². The van der Waals surface area contributed by atoms with Gasteiger partial charge in [0.1, 0.15) is 6.61 Å². The lowest BCUT2D eigenvalue weighted by Gasteiger charge is -2.21. The first-order valence-corrected chi connectivity index (χ1v) is 12.0. The number of hydrogen-bond acceptors (Lipinski definition) is 5. The van der Waals surface area contributed by atoms with Gasteiger partial charge in [0.2, 0.25) is 5.91 Å². The molecule has 35 heavy (non-hydrogen) atoms. The number of rotatable bonds is 9. The second kappa shape index (κ2) is 10.9. The molecule has 2 aromatic carbocycles. The SMILES string of the molecule is CO[C@H](C)[C@H](NC(=O)C[C@H]1CC[C@@H](NC(=O)OCC2c3ccccc3-c3ccccc32)C1)C(=O)O. The van der Waals surface area contributed by atoms with Gasteiger partial charge in [-0.1, -0.05) is 48.5 Å². The highest BCUT2D eigenvalue weighted by Gasteiger charge is 2.32. The standard InChI is InChI=1S/C27H32N2O6/c1-16(34-2)25(26(31)32)29-24(30)14-17-11-12-18(13-17)28-27(33)35-15-23-21-9-5-3-7-19(21)20-8-4-6-10-22(20)23/h3-10,16-18,23,25H,11-15H2,1-2H3,(H,28,33)(H,29,30)(H,31,32)/t16-,17+,18-,25+/m1/s1. The van der Waals surface area contributed by atoms with Gasteiger partial charge in [-0.3, -0.25) is 4.79 Å². The number of methoxy groups -OCH3 is 1. The first kappa shape index (κ1) is 24.7. The van der Waals surface area contributed by atoms with Crippen LogP contribution in [0.4, 0.5) is 4.79 Å². The fourth-order valence-corrected chi connectivity index (χ4v) is 5.21. The minimum atomic E-state index is -1.13. The third-order valence-electron chi connectivity index (χ3n) is 7.10. The fraction of sp³-hybridized carbons (Fsp3) is 0.444. The van der Waals surface area contributed by atoms with Gasteiger partial charge in [-0.2, -0.15) is 0 Å². The molecule has 0 spiro atoms. The number of carboxylic acids is 1. The summed E-state index contributed by atoms with van der Waals surface area (Å²) in [5, 5.41) is 14.8. The lowest BCUT2D eigenvalue weighted by atomic mass is 9.98. The van der Waals surface area contributed by atoms with Crippen molar-refractivity contribution in [2.75, 3.05) is 13.7 Å². The first-order chi connectivity index (χ1) is 16.9. The minimum absolute atomic E-state index is 0.00449. The molecule has 1 saturated carbocycles. The van der Waals surface area contributed by atoms with E-state index in [2.05, 4.69) is 34.9 Å². The van der Waals surface area contributed by atoms with E-state index in [-0.39, 0.29) is 36.8 Å². The quantitative estimate of drug-likeness (QED) is 0.504. The molecule has 3 N–H and O–H groups in total. The summed E-state index contributed by atoms with van der Waals surface area (Å²) < 4.78 is 10.7. The number of carboxylic acid groups (broad SMARTS) is 1. The second-order valence-corrected chi connectivity index (χ2v) is 9.37. The van der Waals surface area contributed by atoms with Crippen LogP contribution in [0, 0.1) is 5.92 Å². The molecule has 2 aliphatic rings. The Balaban J connectivity index is 1.25. The van der Waals surface area contributed by atoms with Crippen LogP contribution < -0.4 is 10.6 Å². The van der Waals surface area contributed by atoms with Crippen LogP contribution in [0.5, 0.6) is 0 Å². The van der Waals surface area contributed by atoms with Crippen molar-refractivity contribution in [1.29, 1.82) is 0 Å². The van der Waals surface area contributed by atoms with Crippen molar-refractivity contribution >= 4 is 18.0 Å². The number of aliphatic carboxylic acids is 1. The molecule has 0 heterocycles. The maximum atomic E-state index is 12.5. The van der Waals surface area contributed by atoms with Crippen molar-refractivity contribution in [2.24, 2.45) is 5.92 Å². The van der Waals surface area contributed by atoms with Gasteiger partial charge in [0.15, 0.2) is 6.04 Å². The number of fused-ring (bicyclic) bond motifs is 3. The summed E-state index contributed by atoms with van der Waals surface area (Å²) >= 11 is 0. The van der Waals surface area contributed by atoms with Crippen molar-refractivity contribution in [2.45, 2.75) is 56.7 Å². The van der Waals surface area contributed by atoms with Gasteiger partial charge >= 0.3 is 12.1 Å². The molecule has 2 aliphatic carbocycles. The number of alkyl carbamates (subject to hydrolysis) is 1. The topological polar surface area (TPSA) is 114 Å². The molecule has 4 atom stereocenters. The predicted octanol–water partition coefficient (Wildman–Crippen LogP) is 3.69. The lowest BCUT2D eigenvalue weighted by molar-refractivity contribution is -0.145. The molecule has 0 radical (unpaired) electrons. The minimum Gasteiger partial charge on any atom is -0.480 e. The van der Waals surface area contributed by atoms with Crippen LogP contribution in [0.2, 0.25) is 0 Å². The van der Waals surface area contributed by atoms with Crippen LogP contribution in [0.3, 0.4) is 0 Å². The van der Waals surface area contributed by atoms with E-state index in [9.17, 15) is 19.5 Å². The summed E-state index contributed by atoms with van der Waals surface area (Å²) in [5.41, 5.74) is 4.69. The van der Waals surface area contributed by atoms with Gasteiger partial charge in [0.05, 0.1) is 6.10 Å². The van der Waals surface area contributed by atoms with E-state index < -0.39 is 24.2 Å². The van der Waals surface area contributed by atoms with Crippen LogP contribution in [-0.4, -0.2) is 55.0 Å². The number of nitrogens with one attached hydrogen (secondary N) is 2. The summed E-state index contributed by atoms with van der Waals surface area (Å²) in [7, 11) is 1.41. The van der Waals surface area contributed by atoms with Crippen molar-refractivity contribution in [3.63, 3.8) is 0 Å². The Kier molecular flexibility index (Phi) is 7.70. The highest BCUT2D eigenvalue weighted by molar-refractivity contribution is 5.84. The van der Waals surface area contributed by atoms with Gasteiger partial charge in [-0.25, -0.2) is 9.59 Å². The summed E-state index contributed by atoms with van der Waals surface area (Å²) in [6.07, 6.45) is 1.29. The van der Waals surface area contributed by atoms with Crippen LogP contribution in [0.1, 0.15) is 49.7 Å². The largest absolute Gasteiger partial charge is 0.480 e. The number of carbonyl (C=O) groups is 3.